The maximum absolute atomic E-state index is 13.2. The van der Waals surface area contributed by atoms with Crippen molar-refractivity contribution in [2.75, 3.05) is 0 Å². The van der Waals surface area contributed by atoms with Crippen molar-refractivity contribution in [3.05, 3.63) is 101 Å². The largest absolute Gasteiger partial charge is 0.411 e. The average Bonchev–Trinajstić information content (AvgIpc) is 3.21. The van der Waals surface area contributed by atoms with E-state index in [9.17, 15) is 4.79 Å². The first-order valence-electron chi connectivity index (χ1n) is 8.61. The fourth-order valence-electron chi connectivity index (χ4n) is 2.76. The smallest absolute Gasteiger partial charge is 0.277 e. The minimum Gasteiger partial charge on any atom is -0.411 e. The summed E-state index contributed by atoms with van der Waals surface area (Å²) in [6.45, 7) is 0. The third kappa shape index (κ3) is 4.08. The van der Waals surface area contributed by atoms with Crippen molar-refractivity contribution >= 4 is 33.5 Å². The van der Waals surface area contributed by atoms with E-state index in [0.717, 1.165) is 15.6 Å². The lowest BCUT2D eigenvalue weighted by Gasteiger charge is -2.14. The van der Waals surface area contributed by atoms with Gasteiger partial charge >= 0.3 is 0 Å². The number of rotatable bonds is 6. The number of aromatic nitrogens is 2. The molecule has 0 unspecified atom stereocenters. The lowest BCUT2D eigenvalue weighted by molar-refractivity contribution is 0.0989. The second-order valence-electron chi connectivity index (χ2n) is 5.99. The van der Waals surface area contributed by atoms with E-state index in [1.807, 2.05) is 84.9 Å². The van der Waals surface area contributed by atoms with Crippen LogP contribution in [0.1, 0.15) is 21.2 Å². The summed E-state index contributed by atoms with van der Waals surface area (Å²) in [7, 11) is 0. The Morgan fingerprint density at radius 2 is 1.50 bits per heavy atom. The van der Waals surface area contributed by atoms with Gasteiger partial charge in [-0.1, -0.05) is 72.8 Å². The highest BCUT2D eigenvalue weighted by Crippen LogP contribution is 2.38. The number of hydrogen-bond acceptors (Lipinski definition) is 5. The Balaban J connectivity index is 1.65. The van der Waals surface area contributed by atoms with E-state index in [1.54, 1.807) is 0 Å². The number of ketones is 1. The van der Waals surface area contributed by atoms with Crippen LogP contribution >= 0.6 is 27.7 Å². The summed E-state index contributed by atoms with van der Waals surface area (Å²) >= 11 is 4.76. The number of hydrogen-bond donors (Lipinski definition) is 0. The van der Waals surface area contributed by atoms with Crippen molar-refractivity contribution in [1.82, 2.24) is 10.2 Å². The van der Waals surface area contributed by atoms with Gasteiger partial charge in [0.15, 0.2) is 5.78 Å². The Morgan fingerprint density at radius 3 is 2.21 bits per heavy atom. The first-order valence-corrected chi connectivity index (χ1v) is 10.3. The minimum atomic E-state index is -0.476. The third-order valence-electron chi connectivity index (χ3n) is 4.13. The summed E-state index contributed by atoms with van der Waals surface area (Å²) < 4.78 is 6.72. The molecule has 4 aromatic rings. The average molecular weight is 451 g/mol. The molecule has 0 aliphatic heterocycles. The zero-order valence-electron chi connectivity index (χ0n) is 14.7. The monoisotopic (exact) mass is 450 g/mol. The maximum atomic E-state index is 13.2. The fraction of sp³-hybridized carbons (Fsp3) is 0.0455. The first kappa shape index (κ1) is 18.7. The molecule has 0 aliphatic rings. The molecule has 0 bridgehead atoms. The zero-order valence-corrected chi connectivity index (χ0v) is 17.1. The van der Waals surface area contributed by atoms with E-state index in [0.29, 0.717) is 16.7 Å². The molecule has 6 heteroatoms. The van der Waals surface area contributed by atoms with Gasteiger partial charge in [0.05, 0.1) is 5.56 Å². The second kappa shape index (κ2) is 8.54. The van der Waals surface area contributed by atoms with E-state index >= 15 is 0 Å². The predicted molar refractivity (Wildman–Crippen MR) is 113 cm³/mol. The van der Waals surface area contributed by atoms with Crippen LogP contribution in [0.3, 0.4) is 0 Å². The topological polar surface area (TPSA) is 56.0 Å². The third-order valence-corrected chi connectivity index (χ3v) is 5.91. The van der Waals surface area contributed by atoms with Gasteiger partial charge in [-0.3, -0.25) is 4.79 Å². The van der Waals surface area contributed by atoms with E-state index in [2.05, 4.69) is 26.1 Å². The molecule has 0 aliphatic carbocycles. The van der Waals surface area contributed by atoms with E-state index in [4.69, 9.17) is 4.42 Å². The Morgan fingerprint density at radius 1 is 0.857 bits per heavy atom. The lowest BCUT2D eigenvalue weighted by Crippen LogP contribution is -2.10. The summed E-state index contributed by atoms with van der Waals surface area (Å²) in [6, 6.07) is 26.5. The molecule has 1 aromatic heterocycles. The Kier molecular flexibility index (Phi) is 5.69. The molecule has 0 fully saturated rings. The van der Waals surface area contributed by atoms with Crippen LogP contribution in [0, 0.1) is 0 Å². The molecule has 28 heavy (non-hydrogen) atoms. The Hall–Kier alpha value is -2.70. The van der Waals surface area contributed by atoms with Gasteiger partial charge in [0.2, 0.25) is 5.89 Å². The number of benzene rings is 3. The molecule has 0 N–H and O–H groups in total. The standard InChI is InChI=1S/C22H15BrN2O2S/c23-18-14-8-7-13-17(18)21-24-25-22(27-21)28-20(16-11-5-2-6-12-16)19(26)15-9-3-1-4-10-15/h1-14,20H/t20-/m1/s1. The summed E-state index contributed by atoms with van der Waals surface area (Å²) in [5, 5.41) is 8.17. The maximum Gasteiger partial charge on any atom is 0.277 e. The molecule has 0 saturated heterocycles. The van der Waals surface area contributed by atoms with E-state index in [1.165, 1.54) is 11.8 Å². The van der Waals surface area contributed by atoms with Crippen LogP contribution in [-0.4, -0.2) is 16.0 Å². The molecule has 1 atom stereocenters. The van der Waals surface area contributed by atoms with E-state index < -0.39 is 5.25 Å². The molecule has 0 spiro atoms. The van der Waals surface area contributed by atoms with Gasteiger partial charge in [-0.05, 0) is 45.4 Å². The number of halogens is 1. The van der Waals surface area contributed by atoms with Crippen LogP contribution in [-0.2, 0) is 0 Å². The van der Waals surface area contributed by atoms with Gasteiger partial charge in [0.25, 0.3) is 5.22 Å². The lowest BCUT2D eigenvalue weighted by atomic mass is 10.0. The van der Waals surface area contributed by atoms with Crippen LogP contribution in [0.2, 0.25) is 0 Å². The van der Waals surface area contributed by atoms with Gasteiger partial charge in [-0.2, -0.15) is 0 Å². The van der Waals surface area contributed by atoms with Crippen LogP contribution < -0.4 is 0 Å². The number of thioether (sulfide) groups is 1. The summed E-state index contributed by atoms with van der Waals surface area (Å²) in [5.74, 6) is 0.409. The number of Topliss-reactive ketones (excluding diaryl/α,β-unsaturated/α-hetero) is 1. The number of carbonyl (C=O) groups excluding carboxylic acids is 1. The second-order valence-corrected chi connectivity index (χ2v) is 7.90. The van der Waals surface area contributed by atoms with Crippen molar-refractivity contribution in [2.45, 2.75) is 10.5 Å². The summed E-state index contributed by atoms with van der Waals surface area (Å²) in [6.07, 6.45) is 0. The molecule has 1 heterocycles. The van der Waals surface area contributed by atoms with Crippen LogP contribution in [0.4, 0.5) is 0 Å². The summed E-state index contributed by atoms with van der Waals surface area (Å²) in [4.78, 5) is 13.2. The normalized spacial score (nSPS) is 11.9. The zero-order chi connectivity index (χ0) is 19.3. The highest BCUT2D eigenvalue weighted by Gasteiger charge is 2.26. The minimum absolute atomic E-state index is 0.00237. The molecule has 0 saturated carbocycles. The number of carbonyl (C=O) groups is 1. The van der Waals surface area contributed by atoms with Gasteiger partial charge in [0.1, 0.15) is 5.25 Å². The van der Waals surface area contributed by atoms with Crippen LogP contribution in [0.25, 0.3) is 11.5 Å². The molecule has 4 nitrogen and oxygen atoms in total. The fourth-order valence-corrected chi connectivity index (χ4v) is 4.16. The van der Waals surface area contributed by atoms with Crippen molar-refractivity contribution in [1.29, 1.82) is 0 Å². The van der Waals surface area contributed by atoms with Crippen molar-refractivity contribution < 1.29 is 9.21 Å². The van der Waals surface area contributed by atoms with Crippen LogP contribution in [0.15, 0.2) is 99.0 Å². The molecular weight excluding hydrogens is 436 g/mol. The highest BCUT2D eigenvalue weighted by atomic mass is 79.9. The van der Waals surface area contributed by atoms with E-state index in [-0.39, 0.29) is 5.78 Å². The Bertz CT molecular complexity index is 1080. The number of nitrogens with zero attached hydrogens (tertiary/aromatic N) is 2. The summed E-state index contributed by atoms with van der Waals surface area (Å²) in [5.41, 5.74) is 2.35. The van der Waals surface area contributed by atoms with Crippen molar-refractivity contribution in [3.63, 3.8) is 0 Å². The van der Waals surface area contributed by atoms with Crippen molar-refractivity contribution in [2.24, 2.45) is 0 Å². The van der Waals surface area contributed by atoms with Gasteiger partial charge < -0.3 is 4.42 Å². The Labute approximate surface area is 175 Å². The molecule has 4 rings (SSSR count). The van der Waals surface area contributed by atoms with Crippen molar-refractivity contribution in [3.8, 4) is 11.5 Å². The molecule has 0 amide bonds. The SMILES string of the molecule is O=C(c1ccccc1)[C@H](Sc1nnc(-c2ccccc2Br)o1)c1ccccc1. The predicted octanol–water partition coefficient (Wildman–Crippen LogP) is 6.22. The molecule has 3 aromatic carbocycles. The molecule has 138 valence electrons. The van der Waals surface area contributed by atoms with Gasteiger partial charge in [0, 0.05) is 10.0 Å². The van der Waals surface area contributed by atoms with Crippen LogP contribution in [0.5, 0.6) is 0 Å². The highest BCUT2D eigenvalue weighted by molar-refractivity contribution is 9.10. The molecular formula is C22H15BrN2O2S. The van der Waals surface area contributed by atoms with Gasteiger partial charge in [-0.25, -0.2) is 0 Å². The first-order chi connectivity index (χ1) is 13.7. The quantitative estimate of drug-likeness (QED) is 0.258. The van der Waals surface area contributed by atoms with Gasteiger partial charge in [-0.15, -0.1) is 10.2 Å². The molecule has 0 radical (unpaired) electrons.